The summed E-state index contributed by atoms with van der Waals surface area (Å²) in [6.07, 6.45) is -4.33. The van der Waals surface area contributed by atoms with Gasteiger partial charge in [-0.25, -0.2) is 14.7 Å². The molecule has 0 atom stereocenters. The van der Waals surface area contributed by atoms with E-state index in [1.54, 1.807) is 13.8 Å². The predicted molar refractivity (Wildman–Crippen MR) is 93.4 cm³/mol. The van der Waals surface area contributed by atoms with Crippen LogP contribution in [0.4, 0.5) is 13.2 Å². The van der Waals surface area contributed by atoms with Crippen molar-refractivity contribution in [2.24, 2.45) is 0 Å². The summed E-state index contributed by atoms with van der Waals surface area (Å²) in [7, 11) is 0. The van der Waals surface area contributed by atoms with Gasteiger partial charge in [0.25, 0.3) is 5.56 Å². The van der Waals surface area contributed by atoms with Crippen molar-refractivity contribution in [2.75, 3.05) is 0 Å². The normalized spacial score (nSPS) is 12.2. The second kappa shape index (κ2) is 6.83. The Labute approximate surface area is 153 Å². The highest BCUT2D eigenvalue weighted by Gasteiger charge is 2.28. The van der Waals surface area contributed by atoms with E-state index in [0.29, 0.717) is 10.4 Å². The molecule has 146 valence electrons. The molecule has 3 heterocycles. The van der Waals surface area contributed by atoms with E-state index in [4.69, 9.17) is 0 Å². The van der Waals surface area contributed by atoms with Crippen molar-refractivity contribution in [3.63, 3.8) is 0 Å². The fourth-order valence-electron chi connectivity index (χ4n) is 2.84. The number of alkyl halides is 3. The van der Waals surface area contributed by atoms with Crippen molar-refractivity contribution in [1.29, 1.82) is 0 Å². The molecule has 3 rings (SSSR count). The van der Waals surface area contributed by atoms with Crippen LogP contribution in [0.25, 0.3) is 10.2 Å². The number of rotatable bonds is 5. The highest BCUT2D eigenvalue weighted by molar-refractivity contribution is 7.18. The standard InChI is InChI=1S/C15H16F3N5O3S/c1-3-22-11(24)10-8(2)9(6-21-7-19-20-13(21)25)27-12(10)23(14(22)26)5-4-15(16,17)18/h7H,3-6H2,1-2H3,(H,20,25). The van der Waals surface area contributed by atoms with Gasteiger partial charge in [0.15, 0.2) is 0 Å². The molecule has 0 aliphatic rings. The van der Waals surface area contributed by atoms with Crippen molar-refractivity contribution in [1.82, 2.24) is 23.9 Å². The summed E-state index contributed by atoms with van der Waals surface area (Å²) in [5, 5.41) is 6.07. The molecule has 0 unspecified atom stereocenters. The summed E-state index contributed by atoms with van der Waals surface area (Å²) < 4.78 is 41.2. The van der Waals surface area contributed by atoms with E-state index in [-0.39, 0.29) is 23.3 Å². The van der Waals surface area contributed by atoms with Crippen LogP contribution in [0.1, 0.15) is 23.8 Å². The fraction of sp³-hybridized carbons (Fsp3) is 0.467. The molecule has 27 heavy (non-hydrogen) atoms. The molecule has 3 aromatic rings. The Kier molecular flexibility index (Phi) is 4.84. The van der Waals surface area contributed by atoms with Crippen LogP contribution >= 0.6 is 11.3 Å². The van der Waals surface area contributed by atoms with Gasteiger partial charge >= 0.3 is 17.6 Å². The minimum atomic E-state index is -4.43. The lowest BCUT2D eigenvalue weighted by atomic mass is 10.2. The van der Waals surface area contributed by atoms with Crippen LogP contribution in [0.5, 0.6) is 0 Å². The third kappa shape index (κ3) is 3.48. The number of aromatic nitrogens is 5. The van der Waals surface area contributed by atoms with E-state index >= 15 is 0 Å². The first-order chi connectivity index (χ1) is 12.6. The first-order valence-electron chi connectivity index (χ1n) is 8.06. The Morgan fingerprint density at radius 1 is 1.22 bits per heavy atom. The van der Waals surface area contributed by atoms with Crippen molar-refractivity contribution in [3.8, 4) is 0 Å². The molecule has 0 aromatic carbocycles. The van der Waals surface area contributed by atoms with E-state index in [0.717, 1.165) is 20.5 Å². The van der Waals surface area contributed by atoms with Crippen LogP contribution < -0.4 is 16.9 Å². The lowest BCUT2D eigenvalue weighted by Crippen LogP contribution is -2.39. The number of hydrogen-bond donors (Lipinski definition) is 1. The van der Waals surface area contributed by atoms with Crippen molar-refractivity contribution < 1.29 is 13.2 Å². The zero-order valence-electron chi connectivity index (χ0n) is 14.5. The summed E-state index contributed by atoms with van der Waals surface area (Å²) in [6.45, 7) is 2.80. The average molecular weight is 403 g/mol. The molecular formula is C15H16F3N5O3S. The molecule has 3 aromatic heterocycles. The maximum atomic E-state index is 12.7. The number of halogens is 3. The van der Waals surface area contributed by atoms with E-state index in [2.05, 4.69) is 10.2 Å². The van der Waals surface area contributed by atoms with Gasteiger partial charge in [0.2, 0.25) is 0 Å². The van der Waals surface area contributed by atoms with E-state index in [9.17, 15) is 27.6 Å². The Morgan fingerprint density at radius 2 is 1.93 bits per heavy atom. The number of fused-ring (bicyclic) bond motifs is 1. The molecule has 0 fully saturated rings. The molecule has 1 N–H and O–H groups in total. The number of hydrogen-bond acceptors (Lipinski definition) is 5. The van der Waals surface area contributed by atoms with Gasteiger partial charge in [0.1, 0.15) is 11.2 Å². The molecule has 0 bridgehead atoms. The van der Waals surface area contributed by atoms with Gasteiger partial charge in [-0.05, 0) is 19.4 Å². The lowest BCUT2D eigenvalue weighted by molar-refractivity contribution is -0.136. The second-order valence-electron chi connectivity index (χ2n) is 5.97. The largest absolute Gasteiger partial charge is 0.390 e. The molecular weight excluding hydrogens is 387 g/mol. The van der Waals surface area contributed by atoms with Gasteiger partial charge in [-0.1, -0.05) is 0 Å². The van der Waals surface area contributed by atoms with Gasteiger partial charge in [0.05, 0.1) is 18.4 Å². The summed E-state index contributed by atoms with van der Waals surface area (Å²) in [4.78, 5) is 37.7. The highest BCUT2D eigenvalue weighted by Crippen LogP contribution is 2.29. The topological polar surface area (TPSA) is 94.7 Å². The quantitative estimate of drug-likeness (QED) is 0.698. The molecule has 0 aliphatic carbocycles. The first kappa shape index (κ1) is 19.1. The van der Waals surface area contributed by atoms with Crippen LogP contribution in [0, 0.1) is 6.92 Å². The maximum Gasteiger partial charge on any atom is 0.390 e. The number of nitrogens with one attached hydrogen (secondary N) is 1. The number of nitrogens with zero attached hydrogens (tertiary/aromatic N) is 4. The smallest absolute Gasteiger partial charge is 0.284 e. The van der Waals surface area contributed by atoms with Crippen LogP contribution in [0.15, 0.2) is 20.7 Å². The highest BCUT2D eigenvalue weighted by atomic mass is 32.1. The van der Waals surface area contributed by atoms with Crippen LogP contribution in [0.2, 0.25) is 0 Å². The van der Waals surface area contributed by atoms with Gasteiger partial charge in [0, 0.05) is 18.0 Å². The SMILES string of the molecule is CCn1c(=O)c2c(C)c(Cn3cn[nH]c3=O)sc2n(CCC(F)(F)F)c1=O. The van der Waals surface area contributed by atoms with Crippen LogP contribution in [-0.2, 0) is 19.6 Å². The molecule has 8 nitrogen and oxygen atoms in total. The number of thiophene rings is 1. The average Bonchev–Trinajstić information content (AvgIpc) is 3.11. The van der Waals surface area contributed by atoms with Crippen molar-refractivity contribution >= 4 is 21.6 Å². The summed E-state index contributed by atoms with van der Waals surface area (Å²) in [5.41, 5.74) is -1.23. The molecule has 0 aliphatic heterocycles. The molecule has 0 radical (unpaired) electrons. The molecule has 0 saturated carbocycles. The van der Waals surface area contributed by atoms with E-state index in [1.807, 2.05) is 0 Å². The molecule has 0 spiro atoms. The maximum absolute atomic E-state index is 12.7. The Hall–Kier alpha value is -2.63. The van der Waals surface area contributed by atoms with Crippen LogP contribution in [-0.4, -0.2) is 30.1 Å². The third-order valence-corrected chi connectivity index (χ3v) is 5.56. The number of aryl methyl sites for hydroxylation is 2. The minimum absolute atomic E-state index is 0.0471. The van der Waals surface area contributed by atoms with Crippen LogP contribution in [0.3, 0.4) is 0 Å². The van der Waals surface area contributed by atoms with E-state index in [1.165, 1.54) is 10.9 Å². The zero-order valence-corrected chi connectivity index (χ0v) is 15.3. The Balaban J connectivity index is 2.23. The molecule has 0 amide bonds. The predicted octanol–water partition coefficient (Wildman–Crippen LogP) is 1.44. The third-order valence-electron chi connectivity index (χ3n) is 4.26. The Morgan fingerprint density at radius 3 is 2.48 bits per heavy atom. The lowest BCUT2D eigenvalue weighted by Gasteiger charge is -2.12. The van der Waals surface area contributed by atoms with Gasteiger partial charge < -0.3 is 0 Å². The van der Waals surface area contributed by atoms with Crippen molar-refractivity contribution in [2.45, 2.75) is 46.1 Å². The van der Waals surface area contributed by atoms with Gasteiger partial charge in [-0.15, -0.1) is 11.3 Å². The minimum Gasteiger partial charge on any atom is -0.284 e. The monoisotopic (exact) mass is 403 g/mol. The summed E-state index contributed by atoms with van der Waals surface area (Å²) in [5.74, 6) is 0. The number of H-pyrrole nitrogens is 1. The first-order valence-corrected chi connectivity index (χ1v) is 8.87. The molecule has 0 saturated heterocycles. The van der Waals surface area contributed by atoms with Gasteiger partial charge in [-0.2, -0.15) is 18.3 Å². The Bertz CT molecular complexity index is 1160. The van der Waals surface area contributed by atoms with E-state index < -0.39 is 36.1 Å². The fourth-order valence-corrected chi connectivity index (χ4v) is 4.16. The van der Waals surface area contributed by atoms with Crippen molar-refractivity contribution in [3.05, 3.63) is 48.1 Å². The van der Waals surface area contributed by atoms with Gasteiger partial charge in [-0.3, -0.25) is 18.5 Å². The summed E-state index contributed by atoms with van der Waals surface area (Å²) in [6, 6.07) is 0. The zero-order chi connectivity index (χ0) is 19.9. The number of aromatic amines is 1. The molecule has 12 heteroatoms. The second-order valence-corrected chi connectivity index (χ2v) is 7.05. The summed E-state index contributed by atoms with van der Waals surface area (Å²) >= 11 is 1.04.